The van der Waals surface area contributed by atoms with E-state index in [0.717, 1.165) is 37.7 Å². The number of hydrogen-bond acceptors (Lipinski definition) is 3. The van der Waals surface area contributed by atoms with Crippen molar-refractivity contribution in [1.82, 2.24) is 10.2 Å². The zero-order chi connectivity index (χ0) is 12.1. The largest absolute Gasteiger partial charge is 0.387 e. The molecular weight excluding hydrogens is 212 g/mol. The van der Waals surface area contributed by atoms with E-state index in [-0.39, 0.29) is 6.10 Å². The monoisotopic (exact) mass is 234 g/mol. The zero-order valence-corrected chi connectivity index (χ0v) is 10.5. The van der Waals surface area contributed by atoms with Crippen molar-refractivity contribution in [3.8, 4) is 0 Å². The molecule has 0 aromatic heterocycles. The summed E-state index contributed by atoms with van der Waals surface area (Å²) < 4.78 is 0. The van der Waals surface area contributed by atoms with Crippen LogP contribution in [0.25, 0.3) is 0 Å². The van der Waals surface area contributed by atoms with E-state index in [1.165, 1.54) is 6.42 Å². The smallest absolute Gasteiger partial charge is 0.0916 e. The molecule has 1 fully saturated rings. The van der Waals surface area contributed by atoms with Gasteiger partial charge in [0.1, 0.15) is 0 Å². The van der Waals surface area contributed by atoms with Gasteiger partial charge in [0.25, 0.3) is 0 Å². The standard InChI is InChI=1S/C14H22N2O/c1-15-9-12-7-8-16(10-12)11-14(17)13-5-3-2-4-6-13/h2-6,12,14-15,17H,7-11H2,1H3. The fraction of sp³-hybridized carbons (Fsp3) is 0.571. The highest BCUT2D eigenvalue weighted by Crippen LogP contribution is 2.20. The molecule has 1 aromatic carbocycles. The van der Waals surface area contributed by atoms with Gasteiger partial charge in [-0.3, -0.25) is 0 Å². The minimum Gasteiger partial charge on any atom is -0.387 e. The predicted molar refractivity (Wildman–Crippen MR) is 69.9 cm³/mol. The van der Waals surface area contributed by atoms with Crippen LogP contribution in [0.1, 0.15) is 18.1 Å². The molecule has 0 amide bonds. The molecule has 0 saturated carbocycles. The summed E-state index contributed by atoms with van der Waals surface area (Å²) in [5.74, 6) is 0.739. The van der Waals surface area contributed by atoms with E-state index in [2.05, 4.69) is 10.2 Å². The summed E-state index contributed by atoms with van der Waals surface area (Å²) in [6.07, 6.45) is 0.882. The molecule has 1 saturated heterocycles. The van der Waals surface area contributed by atoms with Crippen molar-refractivity contribution in [2.45, 2.75) is 12.5 Å². The SMILES string of the molecule is CNCC1CCN(CC(O)c2ccccc2)C1. The van der Waals surface area contributed by atoms with Crippen LogP contribution in [0.4, 0.5) is 0 Å². The first kappa shape index (κ1) is 12.6. The van der Waals surface area contributed by atoms with Gasteiger partial charge in [0.05, 0.1) is 6.10 Å². The highest BCUT2D eigenvalue weighted by molar-refractivity contribution is 5.17. The second kappa shape index (κ2) is 6.15. The summed E-state index contributed by atoms with van der Waals surface area (Å²) in [5.41, 5.74) is 1.02. The van der Waals surface area contributed by atoms with Gasteiger partial charge >= 0.3 is 0 Å². The zero-order valence-electron chi connectivity index (χ0n) is 10.5. The molecule has 3 nitrogen and oxygen atoms in total. The van der Waals surface area contributed by atoms with Crippen molar-refractivity contribution >= 4 is 0 Å². The summed E-state index contributed by atoms with van der Waals surface area (Å²) in [6.45, 7) is 4.04. The van der Waals surface area contributed by atoms with E-state index in [9.17, 15) is 5.11 Å². The van der Waals surface area contributed by atoms with Crippen LogP contribution in [0.2, 0.25) is 0 Å². The Morgan fingerprint density at radius 1 is 1.41 bits per heavy atom. The fourth-order valence-electron chi connectivity index (χ4n) is 2.56. The van der Waals surface area contributed by atoms with Gasteiger partial charge in [-0.2, -0.15) is 0 Å². The molecular formula is C14H22N2O. The summed E-state index contributed by atoms with van der Waals surface area (Å²) >= 11 is 0. The molecule has 0 bridgehead atoms. The molecule has 94 valence electrons. The van der Waals surface area contributed by atoms with Crippen molar-refractivity contribution in [3.05, 3.63) is 35.9 Å². The molecule has 0 aliphatic carbocycles. The van der Waals surface area contributed by atoms with Crippen LogP contribution in [0.15, 0.2) is 30.3 Å². The van der Waals surface area contributed by atoms with Crippen molar-refractivity contribution in [3.63, 3.8) is 0 Å². The van der Waals surface area contributed by atoms with E-state index < -0.39 is 0 Å². The maximum absolute atomic E-state index is 10.1. The van der Waals surface area contributed by atoms with Crippen molar-refractivity contribution in [1.29, 1.82) is 0 Å². The normalized spacial score (nSPS) is 22.8. The molecule has 2 atom stereocenters. The van der Waals surface area contributed by atoms with Crippen LogP contribution in [-0.4, -0.2) is 43.2 Å². The van der Waals surface area contributed by atoms with Gasteiger partial charge in [0.15, 0.2) is 0 Å². The minimum atomic E-state index is -0.357. The van der Waals surface area contributed by atoms with Gasteiger partial charge in [-0.1, -0.05) is 30.3 Å². The predicted octanol–water partition coefficient (Wildman–Crippen LogP) is 1.26. The summed E-state index contributed by atoms with van der Waals surface area (Å²) in [5, 5.41) is 13.4. The molecule has 2 unspecified atom stereocenters. The number of aliphatic hydroxyl groups is 1. The van der Waals surface area contributed by atoms with E-state index in [1.54, 1.807) is 0 Å². The topological polar surface area (TPSA) is 35.5 Å². The van der Waals surface area contributed by atoms with E-state index >= 15 is 0 Å². The Morgan fingerprint density at radius 2 is 2.18 bits per heavy atom. The van der Waals surface area contributed by atoms with Gasteiger partial charge in [0, 0.05) is 13.1 Å². The summed E-state index contributed by atoms with van der Waals surface area (Å²) in [6, 6.07) is 9.92. The third-order valence-corrected chi connectivity index (χ3v) is 3.48. The van der Waals surface area contributed by atoms with Crippen molar-refractivity contribution in [2.75, 3.05) is 33.2 Å². The summed E-state index contributed by atoms with van der Waals surface area (Å²) in [4.78, 5) is 2.36. The molecule has 1 aromatic rings. The van der Waals surface area contributed by atoms with Crippen LogP contribution >= 0.6 is 0 Å². The first-order valence-corrected chi connectivity index (χ1v) is 6.39. The molecule has 17 heavy (non-hydrogen) atoms. The Kier molecular flexibility index (Phi) is 4.54. The average molecular weight is 234 g/mol. The van der Waals surface area contributed by atoms with E-state index in [0.29, 0.717) is 0 Å². The Morgan fingerprint density at radius 3 is 2.88 bits per heavy atom. The lowest BCUT2D eigenvalue weighted by Gasteiger charge is -2.20. The van der Waals surface area contributed by atoms with Crippen LogP contribution < -0.4 is 5.32 Å². The number of hydrogen-bond donors (Lipinski definition) is 2. The quantitative estimate of drug-likeness (QED) is 0.805. The third-order valence-electron chi connectivity index (χ3n) is 3.48. The Hall–Kier alpha value is -0.900. The average Bonchev–Trinajstić information content (AvgIpc) is 2.78. The molecule has 2 N–H and O–H groups in total. The van der Waals surface area contributed by atoms with Crippen LogP contribution in [0.3, 0.4) is 0 Å². The first-order chi connectivity index (χ1) is 8.29. The number of benzene rings is 1. The second-order valence-electron chi connectivity index (χ2n) is 4.90. The van der Waals surface area contributed by atoms with Gasteiger partial charge in [-0.25, -0.2) is 0 Å². The van der Waals surface area contributed by atoms with E-state index in [4.69, 9.17) is 0 Å². The van der Waals surface area contributed by atoms with Crippen LogP contribution in [-0.2, 0) is 0 Å². The maximum Gasteiger partial charge on any atom is 0.0916 e. The number of nitrogens with zero attached hydrogens (tertiary/aromatic N) is 1. The van der Waals surface area contributed by atoms with Gasteiger partial charge in [0.2, 0.25) is 0 Å². The molecule has 0 spiro atoms. The number of likely N-dealkylation sites (tertiary alicyclic amines) is 1. The highest BCUT2D eigenvalue weighted by Gasteiger charge is 2.23. The lowest BCUT2D eigenvalue weighted by Crippen LogP contribution is -2.28. The lowest BCUT2D eigenvalue weighted by atomic mass is 10.1. The Bertz CT molecular complexity index is 328. The molecule has 0 radical (unpaired) electrons. The maximum atomic E-state index is 10.1. The van der Waals surface area contributed by atoms with Crippen LogP contribution in [0.5, 0.6) is 0 Å². The minimum absolute atomic E-state index is 0.357. The Labute approximate surface area is 103 Å². The lowest BCUT2D eigenvalue weighted by molar-refractivity contribution is 0.124. The van der Waals surface area contributed by atoms with Gasteiger partial charge in [-0.05, 0) is 38.0 Å². The molecule has 1 aliphatic rings. The highest BCUT2D eigenvalue weighted by atomic mass is 16.3. The number of β-amino-alcohol motifs (C(OH)–C–C–N with tert-alkyl or cyclic N) is 1. The van der Waals surface area contributed by atoms with Crippen LogP contribution in [0, 0.1) is 5.92 Å². The fourth-order valence-corrected chi connectivity index (χ4v) is 2.56. The molecule has 2 rings (SSSR count). The second-order valence-corrected chi connectivity index (χ2v) is 4.90. The van der Waals surface area contributed by atoms with Crippen molar-refractivity contribution < 1.29 is 5.11 Å². The van der Waals surface area contributed by atoms with Crippen molar-refractivity contribution in [2.24, 2.45) is 5.92 Å². The molecule has 1 heterocycles. The Balaban J connectivity index is 1.82. The third kappa shape index (κ3) is 3.53. The molecule has 3 heteroatoms. The number of nitrogens with one attached hydrogen (secondary N) is 1. The molecule has 1 aliphatic heterocycles. The van der Waals surface area contributed by atoms with E-state index in [1.807, 2.05) is 37.4 Å². The van der Waals surface area contributed by atoms with Gasteiger partial charge < -0.3 is 15.3 Å². The number of rotatable bonds is 5. The van der Waals surface area contributed by atoms with Gasteiger partial charge in [-0.15, -0.1) is 0 Å². The first-order valence-electron chi connectivity index (χ1n) is 6.39. The number of aliphatic hydroxyl groups excluding tert-OH is 1. The summed E-state index contributed by atoms with van der Waals surface area (Å²) in [7, 11) is 2.00.